The Morgan fingerprint density at radius 3 is 2.51 bits per heavy atom. The number of rotatable bonds is 13. The van der Waals surface area contributed by atoms with Crippen LogP contribution >= 0.6 is 8.53 Å². The molecule has 47 heavy (non-hydrogen) atoms. The van der Waals surface area contributed by atoms with Crippen LogP contribution in [-0.2, 0) is 20.8 Å². The van der Waals surface area contributed by atoms with Gasteiger partial charge >= 0.3 is 5.69 Å². The van der Waals surface area contributed by atoms with Crippen LogP contribution in [0.25, 0.3) is 4.85 Å². The Bertz CT molecular complexity index is 1650. The highest BCUT2D eigenvalue weighted by Crippen LogP contribution is 2.57. The number of aromatic nitrogens is 5. The van der Waals surface area contributed by atoms with Crippen LogP contribution in [0, 0.1) is 20.4 Å². The molecule has 0 spiro atoms. The standard InChI is InChI=1S/C32H44N9O5P/c1-10-32-19-40(30-34-23(7)38(9)37-30)25(26(32)46-47(44-17-16-33-8)41(20(2)3)21(4)5)29(45-32)39-18-22(6)27(36-31(39)43)35-28(42)24-14-12-11-13-15-24/h11-15,18,20-21,25-26,29H,10,16-17,19H2,1-7,9H3,(H,35,36,42,43)/t25-,26+,29-,32+,47?/m1/s1. The fraction of sp³-hybridized carbons (Fsp3) is 0.562. The summed E-state index contributed by atoms with van der Waals surface area (Å²) in [6.45, 7) is 22.2. The normalized spacial score (nSPS) is 22.8. The zero-order chi connectivity index (χ0) is 34.0. The number of nitrogens with zero attached hydrogens (tertiary/aromatic N) is 8. The molecule has 1 amide bonds. The van der Waals surface area contributed by atoms with Gasteiger partial charge in [0, 0.05) is 36.5 Å². The number of anilines is 2. The van der Waals surface area contributed by atoms with Crippen molar-refractivity contribution in [3.8, 4) is 0 Å². The summed E-state index contributed by atoms with van der Waals surface area (Å²) in [5.74, 6) is 1.08. The van der Waals surface area contributed by atoms with E-state index >= 15 is 0 Å². The molecular weight excluding hydrogens is 621 g/mol. The van der Waals surface area contributed by atoms with Gasteiger partial charge in [0.1, 0.15) is 36.0 Å². The van der Waals surface area contributed by atoms with Gasteiger partial charge in [-0.05, 0) is 60.1 Å². The van der Waals surface area contributed by atoms with Crippen molar-refractivity contribution < 1.29 is 18.6 Å². The first-order valence-electron chi connectivity index (χ1n) is 15.9. The van der Waals surface area contributed by atoms with E-state index in [0.29, 0.717) is 30.0 Å². The second-order valence-electron chi connectivity index (χ2n) is 12.5. The van der Waals surface area contributed by atoms with E-state index in [4.69, 9.17) is 25.3 Å². The summed E-state index contributed by atoms with van der Waals surface area (Å²) >= 11 is 0. The number of benzene rings is 1. The minimum Gasteiger partial charge on any atom is -0.344 e. The number of hydrogen-bond acceptors (Lipinski definition) is 10. The molecule has 4 heterocycles. The number of ether oxygens (including phenoxy) is 1. The Labute approximate surface area is 276 Å². The summed E-state index contributed by atoms with van der Waals surface area (Å²) < 4.78 is 25.5. The highest BCUT2D eigenvalue weighted by atomic mass is 31.2. The third-order valence-corrected chi connectivity index (χ3v) is 10.7. The number of nitrogens with one attached hydrogen (secondary N) is 1. The summed E-state index contributed by atoms with van der Waals surface area (Å²) in [4.78, 5) is 41.1. The zero-order valence-electron chi connectivity index (χ0n) is 28.2. The van der Waals surface area contributed by atoms with Crippen LogP contribution in [-0.4, -0.2) is 84.4 Å². The SMILES string of the molecule is [C-]#[N+]CCOP(O[C@H]1[C@@H]2[C@H](n3cc(C)c(NC(=O)c4ccccc4)nc3=O)O[C@@]1(CC)CN2c1nc(C)n(C)n1)N(C(C)C)C(C)C. The topological polar surface area (TPSA) is 133 Å². The number of morpholine rings is 1. The van der Waals surface area contributed by atoms with Gasteiger partial charge in [-0.1, -0.05) is 25.1 Å². The van der Waals surface area contributed by atoms with Crippen molar-refractivity contribution in [3.05, 3.63) is 75.4 Å². The number of fused-ring (bicyclic) bond motifs is 2. The second-order valence-corrected chi connectivity index (χ2v) is 13.9. The summed E-state index contributed by atoms with van der Waals surface area (Å²) in [5.41, 5.74) is -0.357. The predicted molar refractivity (Wildman–Crippen MR) is 179 cm³/mol. The van der Waals surface area contributed by atoms with Gasteiger partial charge in [0.15, 0.2) is 6.23 Å². The molecule has 0 aliphatic carbocycles. The first-order valence-corrected chi connectivity index (χ1v) is 17.0. The molecule has 14 nitrogen and oxygen atoms in total. The maximum Gasteiger partial charge on any atom is 0.351 e. The smallest absolute Gasteiger partial charge is 0.344 e. The molecule has 1 N–H and O–H groups in total. The maximum atomic E-state index is 13.7. The molecule has 2 aliphatic heterocycles. The van der Waals surface area contributed by atoms with Crippen LogP contribution in [0.2, 0.25) is 0 Å². The van der Waals surface area contributed by atoms with Gasteiger partial charge in [-0.3, -0.25) is 14.0 Å². The van der Waals surface area contributed by atoms with E-state index in [0.717, 1.165) is 5.82 Å². The van der Waals surface area contributed by atoms with Crippen LogP contribution in [0.3, 0.4) is 0 Å². The Hall–Kier alpha value is -3.73. The van der Waals surface area contributed by atoms with E-state index in [1.54, 1.807) is 42.1 Å². The highest BCUT2D eigenvalue weighted by Gasteiger charge is 2.66. The van der Waals surface area contributed by atoms with Gasteiger partial charge < -0.3 is 28.8 Å². The monoisotopic (exact) mass is 665 g/mol. The highest BCUT2D eigenvalue weighted by molar-refractivity contribution is 7.44. The molecule has 3 aromatic rings. The van der Waals surface area contributed by atoms with Crippen molar-refractivity contribution in [1.82, 2.24) is 29.0 Å². The number of carbonyl (C=O) groups excluding carboxylic acids is 1. The van der Waals surface area contributed by atoms with Gasteiger partial charge in [-0.25, -0.2) is 16.0 Å². The molecule has 2 saturated heterocycles. The number of amides is 1. The Balaban J connectivity index is 1.55. The van der Waals surface area contributed by atoms with Crippen LogP contribution in [0.4, 0.5) is 11.8 Å². The van der Waals surface area contributed by atoms with E-state index in [2.05, 4.69) is 57.5 Å². The van der Waals surface area contributed by atoms with E-state index in [1.807, 2.05) is 27.0 Å². The van der Waals surface area contributed by atoms with Gasteiger partial charge in [0.2, 0.25) is 12.5 Å². The molecule has 0 radical (unpaired) electrons. The second kappa shape index (κ2) is 14.2. The summed E-state index contributed by atoms with van der Waals surface area (Å²) in [5, 5.41) is 7.46. The van der Waals surface area contributed by atoms with Crippen molar-refractivity contribution in [2.75, 3.05) is 29.9 Å². The lowest BCUT2D eigenvalue weighted by atomic mass is 9.96. The molecule has 2 bridgehead atoms. The molecule has 2 aromatic heterocycles. The largest absolute Gasteiger partial charge is 0.351 e. The average molecular weight is 666 g/mol. The van der Waals surface area contributed by atoms with Crippen LogP contribution in [0.15, 0.2) is 41.3 Å². The third kappa shape index (κ3) is 6.82. The molecule has 5 rings (SSSR count). The lowest BCUT2D eigenvalue weighted by Gasteiger charge is -2.38. The quantitative estimate of drug-likeness (QED) is 0.158. The minimum absolute atomic E-state index is 0.103. The van der Waals surface area contributed by atoms with E-state index in [9.17, 15) is 9.59 Å². The first kappa shape index (κ1) is 34.6. The van der Waals surface area contributed by atoms with E-state index in [1.165, 1.54) is 4.57 Å². The molecule has 2 aliphatic rings. The fourth-order valence-corrected chi connectivity index (χ4v) is 8.06. The first-order chi connectivity index (χ1) is 22.4. The molecular formula is C32H44N9O5P. The van der Waals surface area contributed by atoms with Gasteiger partial charge in [0.05, 0.1) is 6.54 Å². The number of aryl methyl sites for hydroxylation is 3. The van der Waals surface area contributed by atoms with Gasteiger partial charge in [-0.2, -0.15) is 9.97 Å². The van der Waals surface area contributed by atoms with Crippen LogP contribution in [0.5, 0.6) is 0 Å². The molecule has 0 saturated carbocycles. The van der Waals surface area contributed by atoms with Gasteiger partial charge in [-0.15, -0.1) is 5.10 Å². The van der Waals surface area contributed by atoms with Gasteiger partial charge in [0.25, 0.3) is 14.4 Å². The summed E-state index contributed by atoms with van der Waals surface area (Å²) in [7, 11) is 0.221. The Kier molecular flexibility index (Phi) is 10.4. The average Bonchev–Trinajstić information content (AvgIpc) is 3.65. The predicted octanol–water partition coefficient (Wildman–Crippen LogP) is 4.47. The van der Waals surface area contributed by atoms with Crippen molar-refractivity contribution in [3.63, 3.8) is 0 Å². The number of hydrogen-bond donors (Lipinski definition) is 1. The minimum atomic E-state index is -1.62. The van der Waals surface area contributed by atoms with Crippen molar-refractivity contribution in [1.29, 1.82) is 0 Å². The molecule has 15 heteroatoms. The van der Waals surface area contributed by atoms with Crippen molar-refractivity contribution >= 4 is 26.2 Å². The molecule has 2 fully saturated rings. The van der Waals surface area contributed by atoms with Crippen LogP contribution in [0.1, 0.15) is 69.0 Å². The molecule has 252 valence electrons. The fourth-order valence-electron chi connectivity index (χ4n) is 6.26. The van der Waals surface area contributed by atoms with Crippen LogP contribution < -0.4 is 15.9 Å². The van der Waals surface area contributed by atoms with E-state index < -0.39 is 38.2 Å². The molecule has 5 atom stereocenters. The van der Waals surface area contributed by atoms with Crippen molar-refractivity contribution in [2.45, 2.75) is 90.9 Å². The molecule has 1 unspecified atom stereocenters. The third-order valence-electron chi connectivity index (χ3n) is 8.63. The van der Waals surface area contributed by atoms with Crippen molar-refractivity contribution in [2.24, 2.45) is 7.05 Å². The lowest BCUT2D eigenvalue weighted by Crippen LogP contribution is -2.48. The summed E-state index contributed by atoms with van der Waals surface area (Å²) in [6.07, 6.45) is 0.904. The lowest BCUT2D eigenvalue weighted by molar-refractivity contribution is -0.104. The van der Waals surface area contributed by atoms with E-state index in [-0.39, 0.29) is 37.0 Å². The Morgan fingerprint density at radius 2 is 1.91 bits per heavy atom. The zero-order valence-corrected chi connectivity index (χ0v) is 29.1. The maximum absolute atomic E-state index is 13.7. The summed E-state index contributed by atoms with van der Waals surface area (Å²) in [6, 6.07) is 8.45. The Morgan fingerprint density at radius 1 is 1.21 bits per heavy atom. The number of carbonyl (C=O) groups is 1. The molecule has 1 aromatic carbocycles.